The number of aliphatic imine (C=N–C) groups is 1. The highest BCUT2D eigenvalue weighted by Gasteiger charge is 2.33. The van der Waals surface area contributed by atoms with E-state index in [4.69, 9.17) is 10.00 Å². The average molecular weight is 489 g/mol. The number of guanidine groups is 1. The van der Waals surface area contributed by atoms with Gasteiger partial charge in [-0.2, -0.15) is 18.4 Å². The number of halogens is 3. The number of anilines is 1. The fraction of sp³-hybridized carbons (Fsp3) is 0.136. The zero-order valence-electron chi connectivity index (χ0n) is 17.7. The summed E-state index contributed by atoms with van der Waals surface area (Å²) in [5.41, 5.74) is 0.272. The molecule has 0 fully saturated rings. The van der Waals surface area contributed by atoms with Crippen molar-refractivity contribution >= 4 is 21.5 Å². The third-order valence-corrected chi connectivity index (χ3v) is 6.36. The number of ether oxygens (including phenoxy) is 1. The van der Waals surface area contributed by atoms with E-state index in [0.717, 1.165) is 13.2 Å². The van der Waals surface area contributed by atoms with Gasteiger partial charge < -0.3 is 10.1 Å². The Labute approximate surface area is 193 Å². The molecule has 2 aromatic carbocycles. The number of pyridine rings is 1. The molecule has 0 saturated heterocycles. The first kappa shape index (κ1) is 24.5. The molecule has 12 heteroatoms. The molecule has 0 aliphatic carbocycles. The highest BCUT2D eigenvalue weighted by atomic mass is 32.2. The SMILES string of the molecule is COc1cc(C(F)(F)F)ccc1S(=O)(=O)c1ccc(CN=C(NC#N)Nc2ccncc2)cc1. The lowest BCUT2D eigenvalue weighted by atomic mass is 10.2. The Bertz CT molecular complexity index is 1320. The first-order valence-electron chi connectivity index (χ1n) is 9.61. The number of benzene rings is 2. The molecule has 0 amide bonds. The quantitative estimate of drug-likeness (QED) is 0.233. The summed E-state index contributed by atoms with van der Waals surface area (Å²) >= 11 is 0. The first-order valence-corrected chi connectivity index (χ1v) is 11.1. The summed E-state index contributed by atoms with van der Waals surface area (Å²) in [6.45, 7) is 0.117. The van der Waals surface area contributed by atoms with Crippen LogP contribution in [0.5, 0.6) is 5.75 Å². The predicted octanol–water partition coefficient (Wildman–Crippen LogP) is 3.98. The lowest BCUT2D eigenvalue weighted by Crippen LogP contribution is -2.26. The van der Waals surface area contributed by atoms with E-state index in [1.54, 1.807) is 30.7 Å². The largest absolute Gasteiger partial charge is 0.495 e. The molecule has 3 rings (SSSR count). The second-order valence-corrected chi connectivity index (χ2v) is 8.69. The van der Waals surface area contributed by atoms with Crippen LogP contribution in [0.4, 0.5) is 18.9 Å². The van der Waals surface area contributed by atoms with Crippen molar-refractivity contribution in [1.82, 2.24) is 10.3 Å². The zero-order valence-corrected chi connectivity index (χ0v) is 18.5. The number of rotatable bonds is 6. The van der Waals surface area contributed by atoms with Crippen LogP contribution in [0, 0.1) is 11.5 Å². The van der Waals surface area contributed by atoms with Gasteiger partial charge in [0.2, 0.25) is 15.8 Å². The molecular formula is C22H18F3N5O3S. The van der Waals surface area contributed by atoms with Gasteiger partial charge in [-0.25, -0.2) is 13.4 Å². The zero-order chi connectivity index (χ0) is 24.8. The van der Waals surface area contributed by atoms with Crippen molar-refractivity contribution in [1.29, 1.82) is 5.26 Å². The van der Waals surface area contributed by atoms with E-state index >= 15 is 0 Å². The van der Waals surface area contributed by atoms with Crippen molar-refractivity contribution in [2.75, 3.05) is 12.4 Å². The number of nitrogens with one attached hydrogen (secondary N) is 2. The molecule has 1 aromatic heterocycles. The maximum atomic E-state index is 13.0. The highest BCUT2D eigenvalue weighted by Crippen LogP contribution is 2.36. The summed E-state index contributed by atoms with van der Waals surface area (Å²) in [4.78, 5) is 7.66. The predicted molar refractivity (Wildman–Crippen MR) is 118 cm³/mol. The van der Waals surface area contributed by atoms with E-state index in [9.17, 15) is 21.6 Å². The van der Waals surface area contributed by atoms with Gasteiger partial charge in [0.25, 0.3) is 0 Å². The number of nitrogens with zero attached hydrogens (tertiary/aromatic N) is 3. The fourth-order valence-corrected chi connectivity index (χ4v) is 4.28. The van der Waals surface area contributed by atoms with Crippen LogP contribution in [0.15, 0.2) is 81.8 Å². The fourth-order valence-electron chi connectivity index (χ4n) is 2.87. The van der Waals surface area contributed by atoms with Crippen LogP contribution in [0.2, 0.25) is 0 Å². The molecule has 34 heavy (non-hydrogen) atoms. The van der Waals surface area contributed by atoms with Gasteiger partial charge in [0.15, 0.2) is 6.19 Å². The van der Waals surface area contributed by atoms with Crippen LogP contribution < -0.4 is 15.4 Å². The minimum absolute atomic E-state index is 0.117. The number of sulfone groups is 1. The Balaban J connectivity index is 1.82. The lowest BCUT2D eigenvalue weighted by molar-refractivity contribution is -0.137. The number of alkyl halides is 3. The Hall–Kier alpha value is -4.11. The molecule has 8 nitrogen and oxygen atoms in total. The first-order chi connectivity index (χ1) is 16.1. The van der Waals surface area contributed by atoms with Crippen molar-refractivity contribution in [3.05, 3.63) is 78.1 Å². The number of methoxy groups -OCH3 is 1. The topological polar surface area (TPSA) is 116 Å². The number of nitriles is 1. The molecule has 0 bridgehead atoms. The molecule has 0 atom stereocenters. The van der Waals surface area contributed by atoms with Crippen LogP contribution in [0.1, 0.15) is 11.1 Å². The van der Waals surface area contributed by atoms with Gasteiger partial charge in [0, 0.05) is 18.1 Å². The van der Waals surface area contributed by atoms with Crippen molar-refractivity contribution in [2.24, 2.45) is 4.99 Å². The van der Waals surface area contributed by atoms with Crippen LogP contribution in [0.3, 0.4) is 0 Å². The molecule has 0 spiro atoms. The van der Waals surface area contributed by atoms with Crippen LogP contribution in [-0.4, -0.2) is 26.5 Å². The maximum absolute atomic E-state index is 13.0. The number of aromatic nitrogens is 1. The van der Waals surface area contributed by atoms with Crippen molar-refractivity contribution in [2.45, 2.75) is 22.5 Å². The Morgan fingerprint density at radius 1 is 1.12 bits per heavy atom. The standard InChI is InChI=1S/C22H18F3N5O3S/c1-33-19-12-16(22(23,24)25)4-7-20(19)34(31,32)18-5-2-15(3-6-18)13-28-21(29-14-26)30-17-8-10-27-11-9-17/h2-12H,13H2,1H3,(H2,27,28,29,30). The monoisotopic (exact) mass is 489 g/mol. The summed E-state index contributed by atoms with van der Waals surface area (Å²) in [5.74, 6) is -0.224. The summed E-state index contributed by atoms with van der Waals surface area (Å²) < 4.78 is 69.8. The third kappa shape index (κ3) is 5.81. The Morgan fingerprint density at radius 2 is 1.79 bits per heavy atom. The Morgan fingerprint density at radius 3 is 2.38 bits per heavy atom. The van der Waals surface area contributed by atoms with Gasteiger partial charge in [-0.1, -0.05) is 12.1 Å². The molecule has 0 aliphatic heterocycles. The third-order valence-electron chi connectivity index (χ3n) is 4.55. The van der Waals surface area contributed by atoms with Crippen molar-refractivity contribution in [3.8, 4) is 11.9 Å². The molecule has 3 aromatic rings. The molecule has 2 N–H and O–H groups in total. The van der Waals surface area contributed by atoms with Crippen molar-refractivity contribution in [3.63, 3.8) is 0 Å². The number of hydrogen-bond donors (Lipinski definition) is 2. The normalized spacial score (nSPS) is 12.0. The average Bonchev–Trinajstić information content (AvgIpc) is 2.82. The van der Waals surface area contributed by atoms with E-state index in [1.165, 1.54) is 24.3 Å². The smallest absolute Gasteiger partial charge is 0.416 e. The van der Waals surface area contributed by atoms with Crippen LogP contribution in [-0.2, 0) is 22.6 Å². The second-order valence-electron chi connectivity index (χ2n) is 6.77. The van der Waals surface area contributed by atoms with Gasteiger partial charge in [-0.15, -0.1) is 0 Å². The summed E-state index contributed by atoms with van der Waals surface area (Å²) in [5, 5.41) is 14.3. The minimum Gasteiger partial charge on any atom is -0.495 e. The van der Waals surface area contributed by atoms with Crippen LogP contribution >= 0.6 is 0 Å². The lowest BCUT2D eigenvalue weighted by Gasteiger charge is -2.13. The molecular weight excluding hydrogens is 471 g/mol. The molecule has 0 saturated carbocycles. The van der Waals surface area contributed by atoms with Gasteiger partial charge >= 0.3 is 6.18 Å². The summed E-state index contributed by atoms with van der Waals surface area (Å²) in [6.07, 6.45) is 0.273. The van der Waals surface area contributed by atoms with E-state index in [1.807, 2.05) is 0 Å². The van der Waals surface area contributed by atoms with Crippen molar-refractivity contribution < 1.29 is 26.3 Å². The molecule has 0 unspecified atom stereocenters. The van der Waals surface area contributed by atoms with Gasteiger partial charge in [0.05, 0.1) is 24.1 Å². The highest BCUT2D eigenvalue weighted by molar-refractivity contribution is 7.91. The molecule has 1 heterocycles. The van der Waals surface area contributed by atoms with Gasteiger partial charge in [-0.3, -0.25) is 10.3 Å². The van der Waals surface area contributed by atoms with E-state index in [2.05, 4.69) is 20.6 Å². The maximum Gasteiger partial charge on any atom is 0.416 e. The van der Waals surface area contributed by atoms with E-state index < -0.39 is 27.3 Å². The summed E-state index contributed by atoms with van der Waals surface area (Å²) in [7, 11) is -3.04. The van der Waals surface area contributed by atoms with Gasteiger partial charge in [-0.05, 0) is 48.0 Å². The van der Waals surface area contributed by atoms with Crippen LogP contribution in [0.25, 0.3) is 0 Å². The van der Waals surface area contributed by atoms with Gasteiger partial charge in [0.1, 0.15) is 10.6 Å². The molecule has 0 aliphatic rings. The van der Waals surface area contributed by atoms with E-state index in [-0.39, 0.29) is 22.3 Å². The summed E-state index contributed by atoms with van der Waals surface area (Å²) in [6, 6.07) is 11.3. The van der Waals surface area contributed by atoms with E-state index in [0.29, 0.717) is 23.4 Å². The minimum atomic E-state index is -4.64. The molecule has 0 radical (unpaired) electrons. The molecule has 176 valence electrons. The Kier molecular flexibility index (Phi) is 7.37. The second kappa shape index (κ2) is 10.2. The number of hydrogen-bond acceptors (Lipinski definition) is 6.